The fourth-order valence-corrected chi connectivity index (χ4v) is 3.64. The predicted molar refractivity (Wildman–Crippen MR) is 96.1 cm³/mol. The van der Waals surface area contributed by atoms with E-state index in [1.807, 2.05) is 19.9 Å². The molecule has 0 aliphatic carbocycles. The molecule has 0 radical (unpaired) electrons. The Morgan fingerprint density at radius 3 is 2.65 bits per heavy atom. The molecule has 7 nitrogen and oxygen atoms in total. The summed E-state index contributed by atoms with van der Waals surface area (Å²) in [5, 5.41) is 2.70. The van der Waals surface area contributed by atoms with Gasteiger partial charge in [0.25, 0.3) is 15.9 Å². The molecule has 0 aliphatic rings. The molecule has 26 heavy (non-hydrogen) atoms. The van der Waals surface area contributed by atoms with Gasteiger partial charge >= 0.3 is 0 Å². The summed E-state index contributed by atoms with van der Waals surface area (Å²) in [6.07, 6.45) is 5.86. The Morgan fingerprint density at radius 1 is 1.15 bits per heavy atom. The van der Waals surface area contributed by atoms with Crippen molar-refractivity contribution in [3.8, 4) is 0 Å². The van der Waals surface area contributed by atoms with Gasteiger partial charge in [0.15, 0.2) is 0 Å². The average molecular weight is 370 g/mol. The Hall–Kier alpha value is -3.00. The summed E-state index contributed by atoms with van der Waals surface area (Å²) in [7, 11) is -3.73. The monoisotopic (exact) mass is 370 g/mol. The quantitative estimate of drug-likeness (QED) is 0.742. The van der Waals surface area contributed by atoms with Crippen LogP contribution in [-0.2, 0) is 16.6 Å². The minimum atomic E-state index is -3.73. The van der Waals surface area contributed by atoms with E-state index in [1.54, 1.807) is 24.5 Å². The molecule has 8 heteroatoms. The van der Waals surface area contributed by atoms with Gasteiger partial charge in [0.1, 0.15) is 0 Å². The summed E-state index contributed by atoms with van der Waals surface area (Å²) in [5.41, 5.74) is 2.51. The van der Waals surface area contributed by atoms with Crippen molar-refractivity contribution in [3.63, 3.8) is 0 Å². The number of nitrogens with one attached hydrogen (secondary N) is 1. The zero-order chi connectivity index (χ0) is 18.7. The van der Waals surface area contributed by atoms with Crippen molar-refractivity contribution >= 4 is 15.9 Å². The van der Waals surface area contributed by atoms with Crippen LogP contribution in [0.5, 0.6) is 0 Å². The lowest BCUT2D eigenvalue weighted by atomic mass is 10.2. The number of rotatable bonds is 5. The lowest BCUT2D eigenvalue weighted by Crippen LogP contribution is -2.23. The van der Waals surface area contributed by atoms with E-state index in [1.165, 1.54) is 24.5 Å². The molecule has 0 spiro atoms. The minimum Gasteiger partial charge on any atom is -0.346 e. The zero-order valence-corrected chi connectivity index (χ0v) is 15.2. The van der Waals surface area contributed by atoms with E-state index in [4.69, 9.17) is 0 Å². The largest absolute Gasteiger partial charge is 0.346 e. The molecule has 134 valence electrons. The van der Waals surface area contributed by atoms with Crippen molar-refractivity contribution in [3.05, 3.63) is 77.6 Å². The highest BCUT2D eigenvalue weighted by atomic mass is 32.2. The second kappa shape index (κ2) is 7.09. The summed E-state index contributed by atoms with van der Waals surface area (Å²) in [4.78, 5) is 20.7. The molecule has 0 atom stereocenters. The van der Waals surface area contributed by atoms with Gasteiger partial charge in [0, 0.05) is 18.6 Å². The van der Waals surface area contributed by atoms with Crippen molar-refractivity contribution in [2.75, 3.05) is 0 Å². The maximum Gasteiger partial charge on any atom is 0.267 e. The fourth-order valence-electron chi connectivity index (χ4n) is 2.34. The van der Waals surface area contributed by atoms with Crippen LogP contribution in [0, 0.1) is 13.8 Å². The first-order valence-electron chi connectivity index (χ1n) is 7.92. The molecule has 1 aromatic carbocycles. The number of benzene rings is 1. The Balaban J connectivity index is 1.74. The second-order valence-corrected chi connectivity index (χ2v) is 7.73. The molecule has 0 bridgehead atoms. The van der Waals surface area contributed by atoms with E-state index < -0.39 is 10.0 Å². The summed E-state index contributed by atoms with van der Waals surface area (Å²) in [6, 6.07) is 8.08. The van der Waals surface area contributed by atoms with E-state index in [-0.39, 0.29) is 22.9 Å². The van der Waals surface area contributed by atoms with Crippen LogP contribution in [0.15, 0.2) is 60.0 Å². The topological polar surface area (TPSA) is 94.0 Å². The first-order chi connectivity index (χ1) is 12.4. The summed E-state index contributed by atoms with van der Waals surface area (Å²) in [6.45, 7) is 3.86. The average Bonchev–Trinajstić information content (AvgIpc) is 3.12. The van der Waals surface area contributed by atoms with Crippen molar-refractivity contribution < 1.29 is 13.2 Å². The lowest BCUT2D eigenvalue weighted by molar-refractivity contribution is 0.0950. The van der Waals surface area contributed by atoms with Gasteiger partial charge in [-0.3, -0.25) is 14.8 Å². The van der Waals surface area contributed by atoms with E-state index in [0.717, 1.165) is 15.2 Å². The predicted octanol–water partition coefficient (Wildman–Crippen LogP) is 2.06. The van der Waals surface area contributed by atoms with Crippen LogP contribution < -0.4 is 5.32 Å². The molecule has 1 N–H and O–H groups in total. The van der Waals surface area contributed by atoms with Gasteiger partial charge < -0.3 is 5.32 Å². The maximum atomic E-state index is 12.6. The molecule has 0 saturated heterocycles. The van der Waals surface area contributed by atoms with Crippen LogP contribution in [0.25, 0.3) is 0 Å². The first kappa shape index (κ1) is 17.8. The number of carbonyl (C=O) groups is 1. The molecule has 1 amide bonds. The highest BCUT2D eigenvalue weighted by Gasteiger charge is 2.18. The van der Waals surface area contributed by atoms with Crippen LogP contribution in [0.3, 0.4) is 0 Å². The SMILES string of the molecule is Cc1cccc(S(=O)(=O)n2ccc(C(=O)NCc3cnc(C)cn3)c2)c1. The smallest absolute Gasteiger partial charge is 0.267 e. The van der Waals surface area contributed by atoms with Gasteiger partial charge in [-0.2, -0.15) is 0 Å². The van der Waals surface area contributed by atoms with Gasteiger partial charge in [-0.1, -0.05) is 12.1 Å². The number of carbonyl (C=O) groups excluding carboxylic acids is 1. The molecule has 2 heterocycles. The number of hydrogen-bond acceptors (Lipinski definition) is 5. The fraction of sp³-hybridized carbons (Fsp3) is 0.167. The number of amides is 1. The summed E-state index contributed by atoms with van der Waals surface area (Å²) >= 11 is 0. The highest BCUT2D eigenvalue weighted by Crippen LogP contribution is 2.16. The summed E-state index contributed by atoms with van der Waals surface area (Å²) < 4.78 is 26.3. The van der Waals surface area contributed by atoms with Crippen LogP contribution in [0.1, 0.15) is 27.3 Å². The Morgan fingerprint density at radius 2 is 1.96 bits per heavy atom. The number of nitrogens with zero attached hydrogens (tertiary/aromatic N) is 3. The first-order valence-corrected chi connectivity index (χ1v) is 9.36. The molecule has 2 aromatic heterocycles. The van der Waals surface area contributed by atoms with Gasteiger partial charge in [0.2, 0.25) is 0 Å². The lowest BCUT2D eigenvalue weighted by Gasteiger charge is -2.06. The van der Waals surface area contributed by atoms with Crippen molar-refractivity contribution in [1.82, 2.24) is 19.3 Å². The van der Waals surface area contributed by atoms with E-state index in [2.05, 4.69) is 15.3 Å². The van der Waals surface area contributed by atoms with Crippen LogP contribution in [0.2, 0.25) is 0 Å². The van der Waals surface area contributed by atoms with Gasteiger partial charge in [0.05, 0.1) is 34.6 Å². The minimum absolute atomic E-state index is 0.176. The number of aryl methyl sites for hydroxylation is 2. The highest BCUT2D eigenvalue weighted by molar-refractivity contribution is 7.90. The molecule has 0 aliphatic heterocycles. The number of hydrogen-bond donors (Lipinski definition) is 1. The third-order valence-electron chi connectivity index (χ3n) is 3.76. The molecule has 0 fully saturated rings. The Kier molecular flexibility index (Phi) is 4.85. The van der Waals surface area contributed by atoms with Gasteiger partial charge in [-0.05, 0) is 37.6 Å². The molecule has 3 rings (SSSR count). The van der Waals surface area contributed by atoms with Gasteiger partial charge in [-0.15, -0.1) is 0 Å². The summed E-state index contributed by atoms with van der Waals surface area (Å²) in [5.74, 6) is -0.384. The third-order valence-corrected chi connectivity index (χ3v) is 5.39. The van der Waals surface area contributed by atoms with Crippen LogP contribution >= 0.6 is 0 Å². The molecule has 3 aromatic rings. The third kappa shape index (κ3) is 3.80. The Labute approximate surface area is 151 Å². The number of aromatic nitrogens is 3. The van der Waals surface area contributed by atoms with Crippen molar-refractivity contribution in [2.45, 2.75) is 25.3 Å². The Bertz CT molecular complexity index is 1040. The van der Waals surface area contributed by atoms with E-state index >= 15 is 0 Å². The van der Waals surface area contributed by atoms with Gasteiger partial charge in [-0.25, -0.2) is 12.4 Å². The standard InChI is InChI=1S/C18H18N4O3S/c1-13-4-3-5-17(8-13)26(24,25)22-7-6-15(12-22)18(23)21-11-16-10-19-14(2)9-20-16/h3-10,12H,11H2,1-2H3,(H,21,23). The van der Waals surface area contributed by atoms with E-state index in [9.17, 15) is 13.2 Å². The zero-order valence-electron chi connectivity index (χ0n) is 14.4. The molecular formula is C18H18N4O3S. The molecule has 0 unspecified atom stereocenters. The molecule has 0 saturated carbocycles. The second-order valence-electron chi connectivity index (χ2n) is 5.88. The van der Waals surface area contributed by atoms with Crippen molar-refractivity contribution in [2.24, 2.45) is 0 Å². The van der Waals surface area contributed by atoms with E-state index in [0.29, 0.717) is 5.69 Å². The van der Waals surface area contributed by atoms with Crippen LogP contribution in [-0.4, -0.2) is 28.3 Å². The maximum absolute atomic E-state index is 12.6. The molecular weight excluding hydrogens is 352 g/mol. The normalized spacial score (nSPS) is 11.3. The van der Waals surface area contributed by atoms with Crippen molar-refractivity contribution in [1.29, 1.82) is 0 Å². The van der Waals surface area contributed by atoms with Crippen LogP contribution in [0.4, 0.5) is 0 Å².